The number of aromatic nitrogens is 2. The number of ether oxygens (including phenoxy) is 2. The van der Waals surface area contributed by atoms with Gasteiger partial charge < -0.3 is 24.8 Å². The Morgan fingerprint density at radius 2 is 1.94 bits per heavy atom. The number of rotatable bonds is 10. The number of aliphatic hydroxyl groups excluding tert-OH is 1. The van der Waals surface area contributed by atoms with Gasteiger partial charge in [0, 0.05) is 50.8 Å². The lowest BCUT2D eigenvalue weighted by molar-refractivity contribution is 0.108. The first-order chi connectivity index (χ1) is 16.3. The van der Waals surface area contributed by atoms with E-state index >= 15 is 0 Å². The summed E-state index contributed by atoms with van der Waals surface area (Å²) in [7, 11) is 1.70. The molecule has 34 heavy (non-hydrogen) atoms. The zero-order valence-corrected chi connectivity index (χ0v) is 20.9. The molecule has 3 aliphatic heterocycles. The largest absolute Gasteiger partial charge is 0.481 e. The van der Waals surface area contributed by atoms with E-state index < -0.39 is 10.0 Å². The summed E-state index contributed by atoms with van der Waals surface area (Å²) in [5, 5.41) is 12.7. The van der Waals surface area contributed by atoms with Crippen molar-refractivity contribution in [1.29, 1.82) is 0 Å². The van der Waals surface area contributed by atoms with Crippen molar-refractivity contribution in [3.8, 4) is 5.88 Å². The summed E-state index contributed by atoms with van der Waals surface area (Å²) in [5.74, 6) is 1.62. The number of hydrazine groups is 1. The van der Waals surface area contributed by atoms with Crippen LogP contribution in [0.4, 0.5) is 11.8 Å². The summed E-state index contributed by atoms with van der Waals surface area (Å²) in [6.07, 6.45) is 4.85. The van der Waals surface area contributed by atoms with Crippen LogP contribution in [0.25, 0.3) is 0 Å². The third-order valence-corrected chi connectivity index (χ3v) is 8.96. The molecule has 3 aliphatic rings. The molecule has 3 fully saturated rings. The van der Waals surface area contributed by atoms with Crippen molar-refractivity contribution in [2.75, 3.05) is 50.5 Å². The van der Waals surface area contributed by atoms with Gasteiger partial charge in [0.1, 0.15) is 5.82 Å². The lowest BCUT2D eigenvalue weighted by atomic mass is 9.83. The molecule has 192 valence electrons. The summed E-state index contributed by atoms with van der Waals surface area (Å²) in [6, 6.07) is 1.80. The molecule has 2 bridgehead atoms. The highest BCUT2D eigenvalue weighted by Crippen LogP contribution is 2.38. The lowest BCUT2D eigenvalue weighted by Gasteiger charge is -2.49. The molecule has 5 atom stereocenters. The second kappa shape index (κ2) is 10.9. The molecule has 0 aliphatic carbocycles. The van der Waals surface area contributed by atoms with E-state index in [-0.39, 0.29) is 49.3 Å². The van der Waals surface area contributed by atoms with Crippen molar-refractivity contribution in [3.63, 3.8) is 0 Å². The number of nitrogens with zero attached hydrogens (tertiary/aromatic N) is 4. The Kier molecular flexibility index (Phi) is 8.10. The molecule has 0 aromatic carbocycles. The fraction of sp³-hybridized carbons (Fsp3) is 0.810. The molecule has 0 spiro atoms. The molecular weight excluding hydrogens is 462 g/mol. The van der Waals surface area contributed by atoms with E-state index in [4.69, 9.17) is 14.5 Å². The molecule has 0 saturated carbocycles. The molecule has 4 N–H and O–H groups in total. The molecule has 3 unspecified atom stereocenters. The van der Waals surface area contributed by atoms with Crippen LogP contribution >= 0.6 is 0 Å². The van der Waals surface area contributed by atoms with E-state index in [0.717, 1.165) is 32.1 Å². The van der Waals surface area contributed by atoms with Gasteiger partial charge in [-0.2, -0.15) is 14.3 Å². The number of piperidine rings is 2. The fourth-order valence-electron chi connectivity index (χ4n) is 5.30. The molecule has 3 saturated heterocycles. The van der Waals surface area contributed by atoms with Gasteiger partial charge in [-0.15, -0.1) is 0 Å². The van der Waals surface area contributed by atoms with Crippen LogP contribution in [-0.2, 0) is 14.8 Å². The van der Waals surface area contributed by atoms with Crippen LogP contribution in [0.15, 0.2) is 6.07 Å². The molecule has 0 radical (unpaired) electrons. The molecule has 0 amide bonds. The normalized spacial score (nSPS) is 29.7. The van der Waals surface area contributed by atoms with E-state index in [1.54, 1.807) is 17.5 Å². The Hall–Kier alpha value is -1.77. The molecule has 13 heteroatoms. The standard InChI is InChI=1S/C21H37N7O5S/c1-27(17-10-15-5-4-6-16(11-17)28(15)34(30,31)8-7-32-2)21-23-18(12-20(24-21)33-3)22-19-9-14(13-29)25-26-19/h12,14-17,19,25-26,29H,4-11,13H2,1-3H3,(H,22,23,24)/t14?,15-,16+,17?,19?. The highest BCUT2D eigenvalue weighted by molar-refractivity contribution is 7.89. The van der Waals surface area contributed by atoms with Gasteiger partial charge in [0.05, 0.1) is 32.2 Å². The molecule has 1 aromatic rings. The van der Waals surface area contributed by atoms with Gasteiger partial charge in [-0.25, -0.2) is 13.8 Å². The van der Waals surface area contributed by atoms with Crippen LogP contribution in [0.3, 0.4) is 0 Å². The molecular formula is C21H37N7O5S. The first kappa shape index (κ1) is 25.3. The summed E-state index contributed by atoms with van der Waals surface area (Å²) in [4.78, 5) is 11.3. The van der Waals surface area contributed by atoms with Crippen molar-refractivity contribution in [3.05, 3.63) is 6.07 Å². The molecule has 12 nitrogen and oxygen atoms in total. The number of nitrogens with one attached hydrogen (secondary N) is 3. The highest BCUT2D eigenvalue weighted by Gasteiger charge is 2.45. The minimum Gasteiger partial charge on any atom is -0.481 e. The maximum atomic E-state index is 13.0. The lowest BCUT2D eigenvalue weighted by Crippen LogP contribution is -2.59. The van der Waals surface area contributed by atoms with Gasteiger partial charge in [-0.1, -0.05) is 6.42 Å². The van der Waals surface area contributed by atoms with E-state index in [9.17, 15) is 13.5 Å². The number of methoxy groups -OCH3 is 2. The van der Waals surface area contributed by atoms with Gasteiger partial charge in [-0.05, 0) is 25.7 Å². The van der Waals surface area contributed by atoms with Crippen molar-refractivity contribution in [1.82, 2.24) is 25.1 Å². The number of hydrogen-bond acceptors (Lipinski definition) is 11. The summed E-state index contributed by atoms with van der Waals surface area (Å²) >= 11 is 0. The summed E-state index contributed by atoms with van der Waals surface area (Å²) in [5.41, 5.74) is 6.15. The average molecular weight is 500 g/mol. The van der Waals surface area contributed by atoms with Crippen LogP contribution in [-0.4, -0.2) is 98.4 Å². The molecule has 1 aromatic heterocycles. The van der Waals surface area contributed by atoms with Crippen LogP contribution in [0.1, 0.15) is 38.5 Å². The highest BCUT2D eigenvalue weighted by atomic mass is 32.2. The van der Waals surface area contributed by atoms with Crippen LogP contribution < -0.4 is 25.8 Å². The van der Waals surface area contributed by atoms with Gasteiger partial charge in [0.25, 0.3) is 0 Å². The third kappa shape index (κ3) is 5.55. The number of sulfonamides is 1. The fourth-order valence-corrected chi connectivity index (χ4v) is 7.18. The number of fused-ring (bicyclic) bond motifs is 2. The van der Waals surface area contributed by atoms with E-state index in [2.05, 4.69) is 26.1 Å². The second-order valence-electron chi connectivity index (χ2n) is 9.31. The summed E-state index contributed by atoms with van der Waals surface area (Å²) < 4.78 is 38.2. The van der Waals surface area contributed by atoms with Gasteiger partial charge in [0.15, 0.2) is 0 Å². The summed E-state index contributed by atoms with van der Waals surface area (Å²) in [6.45, 7) is 0.258. The predicted molar refractivity (Wildman–Crippen MR) is 128 cm³/mol. The maximum Gasteiger partial charge on any atom is 0.230 e. The second-order valence-corrected chi connectivity index (χ2v) is 11.3. The minimum absolute atomic E-state index is 0.0193. The van der Waals surface area contributed by atoms with Crippen molar-refractivity contribution < 1.29 is 23.0 Å². The zero-order chi connectivity index (χ0) is 24.3. The Balaban J connectivity index is 1.49. The van der Waals surface area contributed by atoms with Crippen LogP contribution in [0.5, 0.6) is 5.88 Å². The number of anilines is 2. The first-order valence-electron chi connectivity index (χ1n) is 11.9. The van der Waals surface area contributed by atoms with Crippen LogP contribution in [0.2, 0.25) is 0 Å². The minimum atomic E-state index is -3.36. The van der Waals surface area contributed by atoms with Crippen molar-refractivity contribution >= 4 is 21.8 Å². The predicted octanol–water partition coefficient (Wildman–Crippen LogP) is -0.120. The first-order valence-corrected chi connectivity index (χ1v) is 13.5. The Bertz CT molecular complexity index is 922. The monoisotopic (exact) mass is 499 g/mol. The van der Waals surface area contributed by atoms with Gasteiger partial charge in [-0.3, -0.25) is 5.43 Å². The zero-order valence-electron chi connectivity index (χ0n) is 20.1. The SMILES string of the molecule is COCCS(=O)(=O)N1[C@@H]2CCC[C@H]1CC(N(C)c1nc(NC3CC(CO)NN3)cc(OC)n1)C2. The quantitative estimate of drug-likeness (QED) is 0.342. The number of hydrogen-bond donors (Lipinski definition) is 4. The van der Waals surface area contributed by atoms with Crippen LogP contribution in [0, 0.1) is 0 Å². The van der Waals surface area contributed by atoms with Crippen molar-refractivity contribution in [2.24, 2.45) is 0 Å². The number of aliphatic hydroxyl groups is 1. The van der Waals surface area contributed by atoms with E-state index in [1.807, 2.05) is 7.05 Å². The van der Waals surface area contributed by atoms with Gasteiger partial charge >= 0.3 is 0 Å². The maximum absolute atomic E-state index is 13.0. The van der Waals surface area contributed by atoms with E-state index in [0.29, 0.717) is 24.1 Å². The smallest absolute Gasteiger partial charge is 0.230 e. The Morgan fingerprint density at radius 3 is 2.56 bits per heavy atom. The Labute approximate surface area is 201 Å². The topological polar surface area (TPSA) is 141 Å². The Morgan fingerprint density at radius 1 is 1.21 bits per heavy atom. The third-order valence-electron chi connectivity index (χ3n) is 7.04. The van der Waals surface area contributed by atoms with Crippen molar-refractivity contribution in [2.45, 2.75) is 68.9 Å². The molecule has 4 heterocycles. The van der Waals surface area contributed by atoms with E-state index in [1.165, 1.54) is 7.11 Å². The van der Waals surface area contributed by atoms with Gasteiger partial charge in [0.2, 0.25) is 21.9 Å². The molecule has 4 rings (SSSR count). The average Bonchev–Trinajstić information content (AvgIpc) is 3.28.